The van der Waals surface area contributed by atoms with Gasteiger partial charge < -0.3 is 15.3 Å². The van der Waals surface area contributed by atoms with Gasteiger partial charge in [-0.2, -0.15) is 0 Å². The van der Waals surface area contributed by atoms with Crippen LogP contribution in [0.3, 0.4) is 0 Å². The number of aliphatic carboxylic acids is 1. The highest BCUT2D eigenvalue weighted by Crippen LogP contribution is 2.40. The normalized spacial score (nSPS) is 26.7. The average Bonchev–Trinajstić information content (AvgIpc) is 2.94. The van der Waals surface area contributed by atoms with Crippen molar-refractivity contribution in [1.82, 2.24) is 0 Å². The van der Waals surface area contributed by atoms with E-state index in [-0.39, 0.29) is 29.0 Å². The number of sulfonamides is 1. The Balaban J connectivity index is 2.68. The van der Waals surface area contributed by atoms with E-state index in [0.29, 0.717) is 19.3 Å². The van der Waals surface area contributed by atoms with E-state index < -0.39 is 39.9 Å². The van der Waals surface area contributed by atoms with E-state index in [1.807, 2.05) is 32.1 Å². The quantitative estimate of drug-likeness (QED) is 0.216. The lowest BCUT2D eigenvalue weighted by atomic mass is 9.80. The molecule has 7 nitrogen and oxygen atoms in total. The van der Waals surface area contributed by atoms with E-state index in [0.717, 1.165) is 19.3 Å². The van der Waals surface area contributed by atoms with E-state index in [4.69, 9.17) is 21.8 Å². The zero-order chi connectivity index (χ0) is 24.5. The molecule has 1 saturated carbocycles. The number of aliphatic hydroxyl groups excluding tert-OH is 2. The Bertz CT molecular complexity index is 752. The van der Waals surface area contributed by atoms with Crippen molar-refractivity contribution >= 4 is 27.6 Å². The van der Waals surface area contributed by atoms with E-state index in [1.54, 1.807) is 6.08 Å². The molecule has 1 aliphatic carbocycles. The first kappa shape index (κ1) is 29.1. The third kappa shape index (κ3) is 9.91. The molecule has 5 N–H and O–H groups in total. The third-order valence-electron chi connectivity index (χ3n) is 6.40. The molecule has 9 heteroatoms. The predicted molar refractivity (Wildman–Crippen MR) is 128 cm³/mol. The fraction of sp³-hybridized carbons (Fsp3) is 0.783. The van der Waals surface area contributed by atoms with Crippen molar-refractivity contribution in [3.63, 3.8) is 0 Å². The summed E-state index contributed by atoms with van der Waals surface area (Å²) in [6.07, 6.45) is 10.9. The summed E-state index contributed by atoms with van der Waals surface area (Å²) in [5.74, 6) is -2.99. The number of carboxylic acid groups (broad SMARTS) is 1. The second-order valence-electron chi connectivity index (χ2n) is 9.63. The number of primary sulfonamides is 1. The molecular formula is C23H40ClNO6S. The maximum atomic E-state index is 11.2. The monoisotopic (exact) mass is 493 g/mol. The van der Waals surface area contributed by atoms with Crippen LogP contribution in [0.15, 0.2) is 24.3 Å². The van der Waals surface area contributed by atoms with Crippen LogP contribution in [0, 0.1) is 23.2 Å². The molecule has 1 aliphatic rings. The number of rotatable bonds is 14. The first-order chi connectivity index (χ1) is 14.8. The largest absolute Gasteiger partial charge is 0.481 e. The zero-order valence-corrected chi connectivity index (χ0v) is 20.9. The molecule has 0 heterocycles. The molecule has 186 valence electrons. The molecule has 0 radical (unpaired) electrons. The summed E-state index contributed by atoms with van der Waals surface area (Å²) in [5, 5.41) is 35.0. The number of hydrogen-bond donors (Lipinski definition) is 4. The van der Waals surface area contributed by atoms with Gasteiger partial charge in [0.15, 0.2) is 0 Å². The van der Waals surface area contributed by atoms with Crippen molar-refractivity contribution in [1.29, 1.82) is 0 Å². The number of alkyl halides is 1. The van der Waals surface area contributed by atoms with Crippen molar-refractivity contribution in [3.05, 3.63) is 24.3 Å². The molecule has 1 fully saturated rings. The van der Waals surface area contributed by atoms with Crippen LogP contribution in [0.1, 0.15) is 65.7 Å². The third-order valence-corrected chi connectivity index (χ3v) is 7.77. The Morgan fingerprint density at radius 1 is 1.31 bits per heavy atom. The van der Waals surface area contributed by atoms with Gasteiger partial charge in [-0.15, -0.1) is 11.6 Å². The molecule has 0 bridgehead atoms. The summed E-state index contributed by atoms with van der Waals surface area (Å²) in [4.78, 5) is 11.2. The Morgan fingerprint density at radius 3 is 2.53 bits per heavy atom. The SMILES string of the molecule is CCCCC(C)(C)[C@H](O)/C=C/[C@@H]1[C@@H](C/C=C\CCC(CS(N)(=O)=O)C(=O)O)[C@H](Cl)C[C@H]1O. The molecule has 0 aromatic rings. The Hall–Kier alpha value is -0.930. The van der Waals surface area contributed by atoms with Gasteiger partial charge >= 0.3 is 5.97 Å². The summed E-state index contributed by atoms with van der Waals surface area (Å²) in [7, 11) is -3.85. The van der Waals surface area contributed by atoms with Crippen LogP contribution in [0.2, 0.25) is 0 Å². The van der Waals surface area contributed by atoms with Gasteiger partial charge in [-0.3, -0.25) is 4.79 Å². The molecular weight excluding hydrogens is 454 g/mol. The number of carboxylic acids is 1. The van der Waals surface area contributed by atoms with Gasteiger partial charge in [0.2, 0.25) is 10.0 Å². The van der Waals surface area contributed by atoms with Gasteiger partial charge in [0, 0.05) is 11.3 Å². The number of allylic oxidation sites excluding steroid dienone is 2. The van der Waals surface area contributed by atoms with Crippen molar-refractivity contribution in [2.24, 2.45) is 28.3 Å². The standard InChI is InChI=1S/C23H40ClNO6S/c1-4-5-13-23(2,3)21(27)12-11-18-17(19(24)14-20(18)26)10-8-6-7-9-16(22(28)29)15-32(25,30)31/h6,8,11-12,16-21,26-27H,4-5,7,9-10,13-15H2,1-3H3,(H,28,29)(H2,25,30,31)/b8-6-,12-11+/t16?,17-,18-,19-,20-,21-/m1/s1. The van der Waals surface area contributed by atoms with Crippen LogP contribution >= 0.6 is 11.6 Å². The Labute approximate surface area is 197 Å². The highest BCUT2D eigenvalue weighted by molar-refractivity contribution is 7.89. The fourth-order valence-corrected chi connectivity index (χ4v) is 5.49. The van der Waals surface area contributed by atoms with Crippen molar-refractivity contribution in [2.75, 3.05) is 5.75 Å². The molecule has 6 atom stereocenters. The number of halogens is 1. The minimum Gasteiger partial charge on any atom is -0.481 e. The molecule has 0 amide bonds. The number of carbonyl (C=O) groups is 1. The summed E-state index contributed by atoms with van der Waals surface area (Å²) < 4.78 is 22.3. The molecule has 1 rings (SSSR count). The minimum absolute atomic E-state index is 0.00943. The van der Waals surface area contributed by atoms with Crippen LogP contribution in [-0.4, -0.2) is 53.0 Å². The van der Waals surface area contributed by atoms with Gasteiger partial charge in [0.25, 0.3) is 0 Å². The molecule has 1 unspecified atom stereocenters. The number of aliphatic hydroxyl groups is 2. The maximum absolute atomic E-state index is 11.2. The molecule has 0 aliphatic heterocycles. The highest BCUT2D eigenvalue weighted by atomic mass is 35.5. The fourth-order valence-electron chi connectivity index (χ4n) is 4.17. The topological polar surface area (TPSA) is 138 Å². The summed E-state index contributed by atoms with van der Waals surface area (Å²) in [6.45, 7) is 6.19. The summed E-state index contributed by atoms with van der Waals surface area (Å²) in [5.41, 5.74) is -0.247. The number of nitrogens with two attached hydrogens (primary N) is 1. The predicted octanol–water partition coefficient (Wildman–Crippen LogP) is 3.44. The highest BCUT2D eigenvalue weighted by Gasteiger charge is 2.39. The Kier molecular flexibility index (Phi) is 11.9. The molecule has 0 aromatic carbocycles. The molecule has 0 saturated heterocycles. The number of unbranched alkanes of at least 4 members (excludes halogenated alkanes) is 1. The van der Waals surface area contributed by atoms with Crippen LogP contribution in [0.5, 0.6) is 0 Å². The molecule has 0 aromatic heterocycles. The van der Waals surface area contributed by atoms with Crippen LogP contribution in [0.25, 0.3) is 0 Å². The second kappa shape index (κ2) is 13.1. The van der Waals surface area contributed by atoms with E-state index in [1.165, 1.54) is 0 Å². The van der Waals surface area contributed by atoms with Gasteiger partial charge in [-0.1, -0.05) is 57.9 Å². The zero-order valence-electron chi connectivity index (χ0n) is 19.4. The van der Waals surface area contributed by atoms with Crippen LogP contribution < -0.4 is 5.14 Å². The minimum atomic E-state index is -3.85. The van der Waals surface area contributed by atoms with Crippen molar-refractivity contribution in [3.8, 4) is 0 Å². The lowest BCUT2D eigenvalue weighted by Crippen LogP contribution is -2.28. The smallest absolute Gasteiger partial charge is 0.307 e. The van der Waals surface area contributed by atoms with Gasteiger partial charge in [-0.25, -0.2) is 13.6 Å². The Morgan fingerprint density at radius 2 is 1.97 bits per heavy atom. The molecule has 32 heavy (non-hydrogen) atoms. The lowest BCUT2D eigenvalue weighted by molar-refractivity contribution is -0.141. The van der Waals surface area contributed by atoms with E-state index >= 15 is 0 Å². The van der Waals surface area contributed by atoms with E-state index in [2.05, 4.69) is 6.92 Å². The second-order valence-corrected chi connectivity index (χ2v) is 11.9. The summed E-state index contributed by atoms with van der Waals surface area (Å²) >= 11 is 6.47. The van der Waals surface area contributed by atoms with Crippen molar-refractivity contribution < 1.29 is 28.5 Å². The number of hydrogen-bond acceptors (Lipinski definition) is 5. The van der Waals surface area contributed by atoms with Crippen LogP contribution in [-0.2, 0) is 14.8 Å². The van der Waals surface area contributed by atoms with E-state index in [9.17, 15) is 23.4 Å². The lowest BCUT2D eigenvalue weighted by Gasteiger charge is -2.29. The van der Waals surface area contributed by atoms with Gasteiger partial charge in [0.05, 0.1) is 23.9 Å². The first-order valence-corrected chi connectivity index (χ1v) is 13.5. The molecule has 0 spiro atoms. The van der Waals surface area contributed by atoms with Crippen molar-refractivity contribution in [2.45, 2.75) is 83.3 Å². The maximum Gasteiger partial charge on any atom is 0.307 e. The average molecular weight is 494 g/mol. The first-order valence-electron chi connectivity index (χ1n) is 11.3. The van der Waals surface area contributed by atoms with Crippen LogP contribution in [0.4, 0.5) is 0 Å². The van der Waals surface area contributed by atoms with Gasteiger partial charge in [0.1, 0.15) is 0 Å². The summed E-state index contributed by atoms with van der Waals surface area (Å²) in [6, 6.07) is 0. The van der Waals surface area contributed by atoms with Gasteiger partial charge in [-0.05, 0) is 43.4 Å².